The largest absolute Gasteiger partial charge is 0.399 e. The summed E-state index contributed by atoms with van der Waals surface area (Å²) in [7, 11) is 0. The number of hydrogen-bond acceptors (Lipinski definition) is 3. The minimum atomic E-state index is -0.127. The Morgan fingerprint density at radius 2 is 2.30 bits per heavy atom. The quantitative estimate of drug-likeness (QED) is 0.839. The first-order chi connectivity index (χ1) is 9.47. The van der Waals surface area contributed by atoms with Gasteiger partial charge in [-0.05, 0) is 50.9 Å². The lowest BCUT2D eigenvalue weighted by molar-refractivity contribution is 0.0947. The Bertz CT molecular complexity index is 490. The van der Waals surface area contributed by atoms with Gasteiger partial charge in [0.25, 0.3) is 5.91 Å². The molecule has 0 spiro atoms. The lowest BCUT2D eigenvalue weighted by Crippen LogP contribution is -2.33. The van der Waals surface area contributed by atoms with Gasteiger partial charge in [0, 0.05) is 24.8 Å². The number of hydrogen-bond donors (Lipinski definition) is 2. The summed E-state index contributed by atoms with van der Waals surface area (Å²) in [6, 6.07) is 5.54. The third-order valence-corrected chi connectivity index (χ3v) is 4.15. The second-order valence-electron chi connectivity index (χ2n) is 5.69. The van der Waals surface area contributed by atoms with E-state index in [1.165, 1.54) is 0 Å². The van der Waals surface area contributed by atoms with Crippen molar-refractivity contribution in [1.82, 2.24) is 10.2 Å². The fourth-order valence-electron chi connectivity index (χ4n) is 2.55. The van der Waals surface area contributed by atoms with Gasteiger partial charge in [-0.15, -0.1) is 0 Å². The predicted octanol–water partition coefficient (Wildman–Crippen LogP) is 2.38. The highest BCUT2D eigenvalue weighted by Crippen LogP contribution is 2.20. The first-order valence-electron chi connectivity index (χ1n) is 7.04. The second kappa shape index (κ2) is 6.46. The van der Waals surface area contributed by atoms with Gasteiger partial charge in [-0.1, -0.05) is 11.6 Å². The Morgan fingerprint density at radius 3 is 2.90 bits per heavy atom. The van der Waals surface area contributed by atoms with Crippen molar-refractivity contribution in [1.29, 1.82) is 0 Å². The van der Waals surface area contributed by atoms with Gasteiger partial charge in [0.05, 0.1) is 10.6 Å². The van der Waals surface area contributed by atoms with Gasteiger partial charge in [0.15, 0.2) is 0 Å². The molecular weight excluding hydrogens is 274 g/mol. The number of nitrogen functional groups attached to an aromatic ring is 1. The molecule has 5 heteroatoms. The monoisotopic (exact) mass is 295 g/mol. The summed E-state index contributed by atoms with van der Waals surface area (Å²) in [5.41, 5.74) is 6.67. The molecule has 0 aromatic heterocycles. The third kappa shape index (κ3) is 3.64. The van der Waals surface area contributed by atoms with Crippen molar-refractivity contribution < 1.29 is 4.79 Å². The smallest absolute Gasteiger partial charge is 0.252 e. The van der Waals surface area contributed by atoms with E-state index in [1.54, 1.807) is 18.2 Å². The molecule has 1 aliphatic heterocycles. The first-order valence-corrected chi connectivity index (χ1v) is 7.42. The van der Waals surface area contributed by atoms with Crippen LogP contribution < -0.4 is 11.1 Å². The molecule has 0 aliphatic carbocycles. The van der Waals surface area contributed by atoms with Crippen molar-refractivity contribution in [3.05, 3.63) is 28.8 Å². The molecule has 1 amide bonds. The number of carbonyl (C=O) groups is 1. The molecule has 2 rings (SSSR count). The number of anilines is 1. The maximum atomic E-state index is 12.1. The molecule has 0 bridgehead atoms. The number of nitrogens with two attached hydrogens (primary N) is 1. The van der Waals surface area contributed by atoms with Crippen LogP contribution in [0, 0.1) is 5.92 Å². The van der Waals surface area contributed by atoms with Crippen LogP contribution in [-0.2, 0) is 0 Å². The van der Waals surface area contributed by atoms with Crippen LogP contribution >= 0.6 is 11.6 Å². The molecular formula is C15H22ClN3O. The number of benzene rings is 1. The van der Waals surface area contributed by atoms with Crippen LogP contribution in [0.5, 0.6) is 0 Å². The van der Waals surface area contributed by atoms with Crippen LogP contribution in [0.4, 0.5) is 5.69 Å². The van der Waals surface area contributed by atoms with Crippen molar-refractivity contribution >= 4 is 23.2 Å². The average molecular weight is 296 g/mol. The molecule has 0 radical (unpaired) electrons. The van der Waals surface area contributed by atoms with Crippen LogP contribution in [0.2, 0.25) is 5.02 Å². The van der Waals surface area contributed by atoms with E-state index in [4.69, 9.17) is 17.3 Å². The number of amides is 1. The third-order valence-electron chi connectivity index (χ3n) is 3.84. The van der Waals surface area contributed by atoms with Gasteiger partial charge in [-0.25, -0.2) is 0 Å². The minimum absolute atomic E-state index is 0.127. The highest BCUT2D eigenvalue weighted by atomic mass is 35.5. The molecule has 1 atom stereocenters. The Kier molecular flexibility index (Phi) is 4.89. The average Bonchev–Trinajstić information content (AvgIpc) is 2.85. The summed E-state index contributed by atoms with van der Waals surface area (Å²) in [5, 5.41) is 3.37. The van der Waals surface area contributed by atoms with E-state index in [9.17, 15) is 4.79 Å². The summed E-state index contributed by atoms with van der Waals surface area (Å²) in [6.45, 7) is 7.27. The second-order valence-corrected chi connectivity index (χ2v) is 6.10. The van der Waals surface area contributed by atoms with E-state index in [0.717, 1.165) is 19.5 Å². The Labute approximate surface area is 125 Å². The molecule has 1 heterocycles. The van der Waals surface area contributed by atoms with Crippen molar-refractivity contribution in [2.24, 2.45) is 5.92 Å². The summed E-state index contributed by atoms with van der Waals surface area (Å²) < 4.78 is 0. The summed E-state index contributed by atoms with van der Waals surface area (Å²) >= 11 is 6.04. The first kappa shape index (κ1) is 15.1. The molecule has 20 heavy (non-hydrogen) atoms. The van der Waals surface area contributed by atoms with E-state index in [0.29, 0.717) is 34.8 Å². The number of rotatable bonds is 4. The molecule has 1 fully saturated rings. The normalized spacial score (nSPS) is 19.5. The molecule has 0 saturated carbocycles. The van der Waals surface area contributed by atoms with E-state index >= 15 is 0 Å². The van der Waals surface area contributed by atoms with E-state index in [-0.39, 0.29) is 5.91 Å². The summed E-state index contributed by atoms with van der Waals surface area (Å²) in [5.74, 6) is 0.395. The number of nitrogens with one attached hydrogen (secondary N) is 1. The SMILES string of the molecule is CC(C)N1CCC(CNC(=O)c2ccc(N)cc2Cl)C1. The zero-order valence-electron chi connectivity index (χ0n) is 12.0. The van der Waals surface area contributed by atoms with E-state index in [2.05, 4.69) is 24.1 Å². The molecule has 1 aliphatic rings. The number of nitrogens with zero attached hydrogens (tertiary/aromatic N) is 1. The molecule has 1 unspecified atom stereocenters. The van der Waals surface area contributed by atoms with Gasteiger partial charge < -0.3 is 16.0 Å². The van der Waals surface area contributed by atoms with Crippen molar-refractivity contribution in [2.75, 3.05) is 25.4 Å². The Balaban J connectivity index is 1.87. The number of likely N-dealkylation sites (tertiary alicyclic amines) is 1. The van der Waals surface area contributed by atoms with Crippen LogP contribution in [0.3, 0.4) is 0 Å². The van der Waals surface area contributed by atoms with Gasteiger partial charge in [-0.2, -0.15) is 0 Å². The number of halogens is 1. The standard InChI is InChI=1S/C15H22ClN3O/c1-10(2)19-6-5-11(9-19)8-18-15(20)13-4-3-12(17)7-14(13)16/h3-4,7,10-11H,5-6,8-9,17H2,1-2H3,(H,18,20). The van der Waals surface area contributed by atoms with Crippen molar-refractivity contribution in [2.45, 2.75) is 26.3 Å². The Hall–Kier alpha value is -1.26. The van der Waals surface area contributed by atoms with Crippen LogP contribution in [0.15, 0.2) is 18.2 Å². The molecule has 110 valence electrons. The molecule has 1 saturated heterocycles. The predicted molar refractivity (Wildman–Crippen MR) is 83.0 cm³/mol. The van der Waals surface area contributed by atoms with Gasteiger partial charge in [-0.3, -0.25) is 4.79 Å². The minimum Gasteiger partial charge on any atom is -0.399 e. The topological polar surface area (TPSA) is 58.4 Å². The van der Waals surface area contributed by atoms with E-state index in [1.807, 2.05) is 0 Å². The molecule has 1 aromatic carbocycles. The molecule has 4 nitrogen and oxygen atoms in total. The van der Waals surface area contributed by atoms with E-state index < -0.39 is 0 Å². The van der Waals surface area contributed by atoms with Crippen LogP contribution in [-0.4, -0.2) is 36.5 Å². The van der Waals surface area contributed by atoms with Crippen LogP contribution in [0.25, 0.3) is 0 Å². The van der Waals surface area contributed by atoms with Crippen LogP contribution in [0.1, 0.15) is 30.6 Å². The lowest BCUT2D eigenvalue weighted by Gasteiger charge is -2.20. The van der Waals surface area contributed by atoms with Gasteiger partial charge in [0.2, 0.25) is 0 Å². The zero-order valence-corrected chi connectivity index (χ0v) is 12.8. The Morgan fingerprint density at radius 1 is 1.55 bits per heavy atom. The highest BCUT2D eigenvalue weighted by Gasteiger charge is 2.24. The van der Waals surface area contributed by atoms with Crippen molar-refractivity contribution in [3.8, 4) is 0 Å². The molecule has 1 aromatic rings. The summed E-state index contributed by atoms with van der Waals surface area (Å²) in [6.07, 6.45) is 1.13. The maximum absolute atomic E-state index is 12.1. The fraction of sp³-hybridized carbons (Fsp3) is 0.533. The van der Waals surface area contributed by atoms with Gasteiger partial charge in [0.1, 0.15) is 0 Å². The fourth-order valence-corrected chi connectivity index (χ4v) is 2.82. The van der Waals surface area contributed by atoms with Crippen molar-refractivity contribution in [3.63, 3.8) is 0 Å². The number of carbonyl (C=O) groups excluding carboxylic acids is 1. The zero-order chi connectivity index (χ0) is 14.7. The maximum Gasteiger partial charge on any atom is 0.252 e. The lowest BCUT2D eigenvalue weighted by atomic mass is 10.1. The van der Waals surface area contributed by atoms with Gasteiger partial charge >= 0.3 is 0 Å². The highest BCUT2D eigenvalue weighted by molar-refractivity contribution is 6.34. The molecule has 3 N–H and O–H groups in total. The summed E-state index contributed by atoms with van der Waals surface area (Å²) in [4.78, 5) is 14.5.